The number of anilines is 2. The lowest BCUT2D eigenvalue weighted by Gasteiger charge is -2.34. The topological polar surface area (TPSA) is 53.0 Å². The van der Waals surface area contributed by atoms with E-state index in [1.54, 1.807) is 36.3 Å². The molecule has 0 radical (unpaired) electrons. The zero-order valence-electron chi connectivity index (χ0n) is 19.6. The van der Waals surface area contributed by atoms with Crippen molar-refractivity contribution in [1.29, 1.82) is 0 Å². The Morgan fingerprint density at radius 2 is 1.80 bits per heavy atom. The van der Waals surface area contributed by atoms with E-state index in [1.165, 1.54) is 6.07 Å². The summed E-state index contributed by atoms with van der Waals surface area (Å²) >= 11 is 0. The summed E-state index contributed by atoms with van der Waals surface area (Å²) in [6.07, 6.45) is -2.23. The molecular formula is C26H30F4N2O3. The molecule has 2 aromatic carbocycles. The van der Waals surface area contributed by atoms with Gasteiger partial charge in [-0.05, 0) is 61.4 Å². The van der Waals surface area contributed by atoms with Crippen LogP contribution in [0.5, 0.6) is 5.75 Å². The van der Waals surface area contributed by atoms with E-state index in [0.717, 1.165) is 37.9 Å². The number of halogens is 4. The van der Waals surface area contributed by atoms with E-state index in [9.17, 15) is 22.4 Å². The molecule has 2 aliphatic rings. The van der Waals surface area contributed by atoms with Gasteiger partial charge in [-0.2, -0.15) is 13.2 Å². The first-order valence-corrected chi connectivity index (χ1v) is 11.9. The number of carboxylic acid groups (broad SMARTS) is 1. The van der Waals surface area contributed by atoms with Gasteiger partial charge in [0.1, 0.15) is 11.6 Å². The fourth-order valence-corrected chi connectivity index (χ4v) is 5.26. The number of rotatable bonds is 7. The largest absolute Gasteiger partial charge is 0.497 e. The van der Waals surface area contributed by atoms with Crippen molar-refractivity contribution in [2.24, 2.45) is 11.8 Å². The van der Waals surface area contributed by atoms with E-state index < -0.39 is 24.1 Å². The van der Waals surface area contributed by atoms with Gasteiger partial charge in [-0.1, -0.05) is 12.1 Å². The summed E-state index contributed by atoms with van der Waals surface area (Å²) < 4.78 is 59.3. The summed E-state index contributed by atoms with van der Waals surface area (Å²) in [5.74, 6) is -1.85. The van der Waals surface area contributed by atoms with Crippen molar-refractivity contribution in [3.05, 3.63) is 53.8 Å². The number of nitrogens with zero attached hydrogens (tertiary/aromatic N) is 2. The maximum absolute atomic E-state index is 14.3. The first kappa shape index (κ1) is 25.1. The van der Waals surface area contributed by atoms with Crippen molar-refractivity contribution in [3.63, 3.8) is 0 Å². The third kappa shape index (κ3) is 6.00. The van der Waals surface area contributed by atoms with E-state index in [-0.39, 0.29) is 25.2 Å². The second-order valence-corrected chi connectivity index (χ2v) is 9.50. The average molecular weight is 495 g/mol. The number of methoxy groups -OCH3 is 1. The van der Waals surface area contributed by atoms with E-state index in [0.29, 0.717) is 23.0 Å². The number of aliphatic carboxylic acids is 1. The summed E-state index contributed by atoms with van der Waals surface area (Å²) in [5.41, 5.74) is 2.25. The van der Waals surface area contributed by atoms with E-state index in [2.05, 4.69) is 0 Å². The predicted molar refractivity (Wildman–Crippen MR) is 126 cm³/mol. The van der Waals surface area contributed by atoms with Crippen molar-refractivity contribution in [3.8, 4) is 5.75 Å². The Balaban J connectivity index is 1.36. The maximum Gasteiger partial charge on any atom is 0.393 e. The molecule has 0 amide bonds. The van der Waals surface area contributed by atoms with Crippen LogP contribution in [-0.4, -0.2) is 50.0 Å². The molecule has 0 aromatic heterocycles. The maximum atomic E-state index is 14.3. The van der Waals surface area contributed by atoms with Gasteiger partial charge >= 0.3 is 12.1 Å². The van der Waals surface area contributed by atoms with Gasteiger partial charge in [-0.3, -0.25) is 4.79 Å². The molecule has 9 heteroatoms. The van der Waals surface area contributed by atoms with E-state index in [1.807, 2.05) is 17.0 Å². The van der Waals surface area contributed by atoms with Crippen LogP contribution in [0.4, 0.5) is 28.9 Å². The van der Waals surface area contributed by atoms with Gasteiger partial charge in [0.2, 0.25) is 0 Å². The van der Waals surface area contributed by atoms with E-state index in [4.69, 9.17) is 9.84 Å². The highest BCUT2D eigenvalue weighted by atomic mass is 19.4. The van der Waals surface area contributed by atoms with Crippen LogP contribution < -0.4 is 14.5 Å². The highest BCUT2D eigenvalue weighted by Crippen LogP contribution is 2.40. The van der Waals surface area contributed by atoms with Gasteiger partial charge in [-0.15, -0.1) is 0 Å². The molecule has 4 rings (SSSR count). The molecule has 2 saturated heterocycles. The average Bonchev–Trinajstić information content (AvgIpc) is 3.24. The summed E-state index contributed by atoms with van der Waals surface area (Å²) in [7, 11) is 1.55. The first-order chi connectivity index (χ1) is 16.6. The molecule has 0 aliphatic carbocycles. The number of carbonyl (C=O) groups is 1. The van der Waals surface area contributed by atoms with Gasteiger partial charge < -0.3 is 19.6 Å². The molecule has 2 heterocycles. The van der Waals surface area contributed by atoms with Gasteiger partial charge in [0, 0.05) is 37.4 Å². The summed E-state index contributed by atoms with van der Waals surface area (Å²) in [5, 5.41) is 9.15. The number of piperidine rings is 1. The zero-order valence-corrected chi connectivity index (χ0v) is 19.6. The molecule has 2 atom stereocenters. The van der Waals surface area contributed by atoms with Crippen molar-refractivity contribution in [2.75, 3.05) is 36.5 Å². The lowest BCUT2D eigenvalue weighted by Crippen LogP contribution is -2.34. The number of ether oxygens (including phenoxy) is 1. The monoisotopic (exact) mass is 494 g/mol. The molecule has 0 spiro atoms. The molecular weight excluding hydrogens is 464 g/mol. The van der Waals surface area contributed by atoms with Gasteiger partial charge in [0.05, 0.1) is 25.1 Å². The second-order valence-electron chi connectivity index (χ2n) is 9.50. The van der Waals surface area contributed by atoms with Crippen LogP contribution >= 0.6 is 0 Å². The fraction of sp³-hybridized carbons (Fsp3) is 0.500. The van der Waals surface area contributed by atoms with Crippen LogP contribution in [-0.2, 0) is 11.2 Å². The molecule has 0 saturated carbocycles. The molecule has 1 N–H and O–H groups in total. The molecule has 2 unspecified atom stereocenters. The smallest absolute Gasteiger partial charge is 0.393 e. The fourth-order valence-electron chi connectivity index (χ4n) is 5.26. The number of hydrogen-bond donors (Lipinski definition) is 1. The van der Waals surface area contributed by atoms with Crippen LogP contribution in [0.1, 0.15) is 31.2 Å². The quantitative estimate of drug-likeness (QED) is 0.514. The van der Waals surface area contributed by atoms with Gasteiger partial charge in [0.15, 0.2) is 0 Å². The third-order valence-corrected chi connectivity index (χ3v) is 7.19. The Hall–Kier alpha value is -2.97. The molecule has 2 fully saturated rings. The lowest BCUT2D eigenvalue weighted by atomic mass is 9.90. The van der Waals surface area contributed by atoms with Gasteiger partial charge in [-0.25, -0.2) is 4.39 Å². The van der Waals surface area contributed by atoms with E-state index >= 15 is 0 Å². The SMILES string of the molecule is COc1ccc(F)c(N2CCC(Cc3ccc(N4CC(C(F)(F)F)CC4CC(=O)O)cc3)CC2)c1. The summed E-state index contributed by atoms with van der Waals surface area (Å²) in [4.78, 5) is 14.8. The first-order valence-electron chi connectivity index (χ1n) is 11.9. The zero-order chi connectivity index (χ0) is 25.2. The molecule has 190 valence electrons. The molecule has 2 aliphatic heterocycles. The molecule has 35 heavy (non-hydrogen) atoms. The second kappa shape index (κ2) is 10.3. The van der Waals surface area contributed by atoms with Crippen molar-refractivity contribution in [1.82, 2.24) is 0 Å². The number of alkyl halides is 3. The predicted octanol–water partition coefficient (Wildman–Crippen LogP) is 5.53. The highest BCUT2D eigenvalue weighted by Gasteiger charge is 2.47. The molecule has 5 nitrogen and oxygen atoms in total. The standard InChI is InChI=1S/C26H30F4N2O3/c1-35-22-6-7-23(27)24(15-22)31-10-8-18(9-11-31)12-17-2-4-20(5-3-17)32-16-19(26(28,29)30)13-21(32)14-25(33)34/h2-7,15,18-19,21H,8-14,16H2,1H3,(H,33,34). The Labute approximate surface area is 202 Å². The van der Waals surface area contributed by atoms with Crippen molar-refractivity contribution in [2.45, 2.75) is 44.3 Å². The van der Waals surface area contributed by atoms with Gasteiger partial charge in [0.25, 0.3) is 0 Å². The Bertz CT molecular complexity index is 1020. The lowest BCUT2D eigenvalue weighted by molar-refractivity contribution is -0.169. The number of benzene rings is 2. The summed E-state index contributed by atoms with van der Waals surface area (Å²) in [6.45, 7) is 1.24. The van der Waals surface area contributed by atoms with Crippen molar-refractivity contribution < 1.29 is 32.2 Å². The van der Waals surface area contributed by atoms with Crippen molar-refractivity contribution >= 4 is 17.3 Å². The normalized spacial score (nSPS) is 21.4. The molecule has 0 bridgehead atoms. The minimum Gasteiger partial charge on any atom is -0.497 e. The highest BCUT2D eigenvalue weighted by molar-refractivity contribution is 5.69. The number of carboxylic acids is 1. The minimum atomic E-state index is -4.34. The van der Waals surface area contributed by atoms with Crippen LogP contribution in [0, 0.1) is 17.7 Å². The minimum absolute atomic E-state index is 0.204. The van der Waals surface area contributed by atoms with Crippen LogP contribution in [0.2, 0.25) is 0 Å². The summed E-state index contributed by atoms with van der Waals surface area (Å²) in [6, 6.07) is 11.5. The Morgan fingerprint density at radius 1 is 1.11 bits per heavy atom. The third-order valence-electron chi connectivity index (χ3n) is 7.19. The van der Waals surface area contributed by atoms with Crippen LogP contribution in [0.15, 0.2) is 42.5 Å². The van der Waals surface area contributed by atoms with Crippen LogP contribution in [0.3, 0.4) is 0 Å². The Kier molecular flexibility index (Phi) is 7.42. The Morgan fingerprint density at radius 3 is 2.40 bits per heavy atom. The number of hydrogen-bond acceptors (Lipinski definition) is 4. The molecule has 2 aromatic rings. The van der Waals surface area contributed by atoms with Crippen LogP contribution in [0.25, 0.3) is 0 Å².